The van der Waals surface area contributed by atoms with Crippen molar-refractivity contribution in [2.75, 3.05) is 25.5 Å². The summed E-state index contributed by atoms with van der Waals surface area (Å²) in [4.78, 5) is 6.75. The second-order valence-electron chi connectivity index (χ2n) is 11.2. The van der Waals surface area contributed by atoms with E-state index < -0.39 is 6.10 Å². The fourth-order valence-corrected chi connectivity index (χ4v) is 4.97. The fraction of sp³-hybridized carbons (Fsp3) is 0.536. The summed E-state index contributed by atoms with van der Waals surface area (Å²) in [5, 5.41) is 15.4. The zero-order valence-electron chi connectivity index (χ0n) is 22.6. The van der Waals surface area contributed by atoms with Crippen LogP contribution in [0.15, 0.2) is 36.4 Å². The Morgan fingerprint density at radius 2 is 1.71 bits per heavy atom. The van der Waals surface area contributed by atoms with Gasteiger partial charge in [0.25, 0.3) is 5.19 Å². The van der Waals surface area contributed by atoms with Gasteiger partial charge in [0, 0.05) is 43.5 Å². The molecular weight excluding hydrogens is 458 g/mol. The number of hydrogen-bond acceptors (Lipinski definition) is 7. The average molecular weight is 500 g/mol. The van der Waals surface area contributed by atoms with Crippen LogP contribution in [0.25, 0.3) is 10.2 Å². The SMILES string of the molecule is CC(C)Oc1nc2cc(OC(C)(C)C)cc([C@H](O)CNC(C)(C)Cc3ccc(N(C)C)cc3)c2s1. The van der Waals surface area contributed by atoms with Crippen molar-refractivity contribution >= 4 is 27.2 Å². The van der Waals surface area contributed by atoms with Crippen LogP contribution in [0.5, 0.6) is 10.9 Å². The Labute approximate surface area is 214 Å². The van der Waals surface area contributed by atoms with Crippen LogP contribution >= 0.6 is 11.3 Å². The van der Waals surface area contributed by atoms with Crippen LogP contribution in [0.2, 0.25) is 0 Å². The molecule has 0 aliphatic rings. The number of ether oxygens (including phenoxy) is 2. The monoisotopic (exact) mass is 499 g/mol. The lowest BCUT2D eigenvalue weighted by molar-refractivity contribution is 0.129. The average Bonchev–Trinajstić information content (AvgIpc) is 3.11. The van der Waals surface area contributed by atoms with Crippen molar-refractivity contribution in [2.24, 2.45) is 0 Å². The van der Waals surface area contributed by atoms with Gasteiger partial charge in [0.05, 0.1) is 22.4 Å². The minimum atomic E-state index is -0.719. The number of aliphatic hydroxyl groups excluding tert-OH is 1. The molecule has 2 aromatic carbocycles. The Morgan fingerprint density at radius 3 is 2.29 bits per heavy atom. The summed E-state index contributed by atoms with van der Waals surface area (Å²) in [6.45, 7) is 14.7. The Hall–Kier alpha value is -2.35. The van der Waals surface area contributed by atoms with E-state index in [-0.39, 0.29) is 17.2 Å². The van der Waals surface area contributed by atoms with E-state index in [1.54, 1.807) is 0 Å². The number of hydrogen-bond donors (Lipinski definition) is 2. The first-order chi connectivity index (χ1) is 16.2. The molecular formula is C28H41N3O3S. The summed E-state index contributed by atoms with van der Waals surface area (Å²) in [7, 11) is 4.09. The molecule has 2 N–H and O–H groups in total. The number of rotatable bonds is 10. The molecule has 6 nitrogen and oxygen atoms in total. The van der Waals surface area contributed by atoms with Gasteiger partial charge in [-0.05, 0) is 78.6 Å². The third-order valence-electron chi connectivity index (χ3n) is 5.47. The highest BCUT2D eigenvalue weighted by Crippen LogP contribution is 2.38. The predicted octanol–water partition coefficient (Wildman–Crippen LogP) is 5.97. The lowest BCUT2D eigenvalue weighted by atomic mass is 9.94. The third-order valence-corrected chi connectivity index (χ3v) is 6.48. The van der Waals surface area contributed by atoms with Crippen molar-refractivity contribution < 1.29 is 14.6 Å². The number of anilines is 1. The second kappa shape index (κ2) is 10.7. The van der Waals surface area contributed by atoms with Gasteiger partial charge in [-0.1, -0.05) is 23.5 Å². The summed E-state index contributed by atoms with van der Waals surface area (Å²) < 4.78 is 12.9. The van der Waals surface area contributed by atoms with E-state index in [1.165, 1.54) is 22.6 Å². The van der Waals surface area contributed by atoms with Crippen LogP contribution in [-0.2, 0) is 6.42 Å². The minimum absolute atomic E-state index is 0.0310. The van der Waals surface area contributed by atoms with Crippen molar-refractivity contribution in [2.45, 2.75) is 78.2 Å². The number of β-amino-alcohol motifs (C(OH)–C–C–N with tert-alkyl or cyclic N) is 1. The first-order valence-electron chi connectivity index (χ1n) is 12.2. The van der Waals surface area contributed by atoms with E-state index in [9.17, 15) is 5.11 Å². The molecule has 3 aromatic rings. The highest BCUT2D eigenvalue weighted by Gasteiger charge is 2.24. The van der Waals surface area contributed by atoms with E-state index in [4.69, 9.17) is 9.47 Å². The molecule has 35 heavy (non-hydrogen) atoms. The van der Waals surface area contributed by atoms with Crippen molar-refractivity contribution in [3.8, 4) is 10.9 Å². The zero-order chi connectivity index (χ0) is 26.0. The van der Waals surface area contributed by atoms with Gasteiger partial charge in [0.2, 0.25) is 0 Å². The minimum Gasteiger partial charge on any atom is -0.488 e. The summed E-state index contributed by atoms with van der Waals surface area (Å²) in [6.07, 6.45) is 0.162. The second-order valence-corrected chi connectivity index (χ2v) is 12.2. The molecule has 0 unspecified atom stereocenters. The molecule has 192 valence electrons. The van der Waals surface area contributed by atoms with Crippen molar-refractivity contribution in [1.29, 1.82) is 0 Å². The quantitative estimate of drug-likeness (QED) is 0.358. The molecule has 0 saturated heterocycles. The molecule has 0 aliphatic heterocycles. The molecule has 1 heterocycles. The number of nitrogens with one attached hydrogen (secondary N) is 1. The number of aliphatic hydroxyl groups is 1. The summed E-state index contributed by atoms with van der Waals surface area (Å²) in [6, 6.07) is 12.5. The van der Waals surface area contributed by atoms with E-state index in [0.29, 0.717) is 17.5 Å². The number of nitrogens with zero attached hydrogens (tertiary/aromatic N) is 2. The molecule has 0 fully saturated rings. The first-order valence-corrected chi connectivity index (χ1v) is 13.0. The maximum atomic E-state index is 11.3. The largest absolute Gasteiger partial charge is 0.488 e. The van der Waals surface area contributed by atoms with Gasteiger partial charge in [-0.25, -0.2) is 4.98 Å². The third kappa shape index (κ3) is 7.82. The summed E-state index contributed by atoms with van der Waals surface area (Å²) >= 11 is 1.47. The highest BCUT2D eigenvalue weighted by molar-refractivity contribution is 7.20. The van der Waals surface area contributed by atoms with Crippen molar-refractivity contribution in [1.82, 2.24) is 10.3 Å². The van der Waals surface area contributed by atoms with E-state index in [1.807, 2.05) is 60.8 Å². The summed E-state index contributed by atoms with van der Waals surface area (Å²) in [5.41, 5.74) is 3.47. The van der Waals surface area contributed by atoms with Crippen molar-refractivity contribution in [3.63, 3.8) is 0 Å². The lowest BCUT2D eigenvalue weighted by Crippen LogP contribution is -2.43. The number of fused-ring (bicyclic) bond motifs is 1. The lowest BCUT2D eigenvalue weighted by Gasteiger charge is -2.29. The maximum absolute atomic E-state index is 11.3. The van der Waals surface area contributed by atoms with Crippen LogP contribution < -0.4 is 19.7 Å². The van der Waals surface area contributed by atoms with Crippen LogP contribution in [0.3, 0.4) is 0 Å². The van der Waals surface area contributed by atoms with E-state index in [0.717, 1.165) is 22.2 Å². The molecule has 0 spiro atoms. The number of benzene rings is 2. The standard InChI is InChI=1S/C28H41N3O3S/c1-18(2)33-26-30-23-15-21(34-27(3,4)5)14-22(25(23)35-26)24(32)17-29-28(6,7)16-19-10-12-20(13-11-19)31(8)9/h10-15,18,24,29,32H,16-17H2,1-9H3/t24-/m1/s1. The van der Waals surface area contributed by atoms with Gasteiger partial charge in [-0.15, -0.1) is 0 Å². The van der Waals surface area contributed by atoms with E-state index >= 15 is 0 Å². The van der Waals surface area contributed by atoms with Gasteiger partial charge in [0.15, 0.2) is 0 Å². The maximum Gasteiger partial charge on any atom is 0.274 e. The first kappa shape index (κ1) is 27.2. The molecule has 1 atom stereocenters. The van der Waals surface area contributed by atoms with Crippen LogP contribution in [0.4, 0.5) is 5.69 Å². The summed E-state index contributed by atoms with van der Waals surface area (Å²) in [5.74, 6) is 0.695. The van der Waals surface area contributed by atoms with Gasteiger partial charge in [0.1, 0.15) is 11.4 Å². The van der Waals surface area contributed by atoms with Gasteiger partial charge in [-0.3, -0.25) is 0 Å². The van der Waals surface area contributed by atoms with Crippen LogP contribution in [-0.4, -0.2) is 48.0 Å². The molecule has 0 bridgehead atoms. The van der Waals surface area contributed by atoms with Gasteiger partial charge >= 0.3 is 0 Å². The molecule has 0 radical (unpaired) electrons. The van der Waals surface area contributed by atoms with Crippen molar-refractivity contribution in [3.05, 3.63) is 47.5 Å². The van der Waals surface area contributed by atoms with E-state index in [2.05, 4.69) is 53.3 Å². The number of thiazole rings is 1. The fourth-order valence-electron chi connectivity index (χ4n) is 3.89. The molecule has 0 saturated carbocycles. The smallest absolute Gasteiger partial charge is 0.274 e. The highest BCUT2D eigenvalue weighted by atomic mass is 32.1. The number of aromatic nitrogens is 1. The Kier molecular flexibility index (Phi) is 8.35. The molecule has 0 amide bonds. The van der Waals surface area contributed by atoms with Gasteiger partial charge in [-0.2, -0.15) is 0 Å². The Bertz CT molecular complexity index is 1110. The Balaban J connectivity index is 1.80. The topological polar surface area (TPSA) is 66.8 Å². The Morgan fingerprint density at radius 1 is 1.06 bits per heavy atom. The molecule has 0 aliphatic carbocycles. The van der Waals surface area contributed by atoms with Crippen LogP contribution in [0, 0.1) is 0 Å². The molecule has 7 heteroatoms. The molecule has 3 rings (SSSR count). The normalized spacial score (nSPS) is 13.3. The zero-order valence-corrected chi connectivity index (χ0v) is 23.4. The van der Waals surface area contributed by atoms with Crippen LogP contribution in [0.1, 0.15) is 65.7 Å². The molecule has 1 aromatic heterocycles. The predicted molar refractivity (Wildman–Crippen MR) is 147 cm³/mol. The van der Waals surface area contributed by atoms with Gasteiger partial charge < -0.3 is 24.8 Å².